The summed E-state index contributed by atoms with van der Waals surface area (Å²) in [7, 11) is 0. The van der Waals surface area contributed by atoms with Gasteiger partial charge in [-0.3, -0.25) is 4.79 Å². The third kappa shape index (κ3) is 1.47. The van der Waals surface area contributed by atoms with E-state index in [4.69, 9.17) is 11.6 Å². The topological polar surface area (TPSA) is 45.8 Å². The first-order chi connectivity index (χ1) is 6.18. The molecule has 0 aliphatic carbocycles. The lowest BCUT2D eigenvalue weighted by molar-refractivity contribution is 1.23. The second-order valence-electron chi connectivity index (χ2n) is 2.52. The summed E-state index contributed by atoms with van der Waals surface area (Å²) in [6, 6.07) is 1.70. The molecule has 0 aliphatic rings. The Labute approximate surface area is 86.9 Å². The summed E-state index contributed by atoms with van der Waals surface area (Å²) in [4.78, 5) is 17.7. The number of hydrogen-bond donors (Lipinski definition) is 1. The zero-order valence-electron chi connectivity index (χ0n) is 6.34. The number of nitrogens with zero attached hydrogens (tertiary/aromatic N) is 1. The maximum atomic E-state index is 11.3. The van der Waals surface area contributed by atoms with E-state index in [0.717, 1.165) is 9.86 Å². The number of hydrogen-bond acceptors (Lipinski definition) is 2. The SMILES string of the molecule is O=c1[nH]cc(Br)c2cc(Cl)cnc12. The van der Waals surface area contributed by atoms with E-state index in [1.165, 1.54) is 6.20 Å². The summed E-state index contributed by atoms with van der Waals surface area (Å²) >= 11 is 9.04. The molecule has 0 atom stereocenters. The fourth-order valence-electron chi connectivity index (χ4n) is 1.08. The van der Waals surface area contributed by atoms with E-state index in [0.29, 0.717) is 10.5 Å². The summed E-state index contributed by atoms with van der Waals surface area (Å²) in [6.07, 6.45) is 3.02. The fraction of sp³-hybridized carbons (Fsp3) is 0. The van der Waals surface area contributed by atoms with Gasteiger partial charge in [0.2, 0.25) is 0 Å². The van der Waals surface area contributed by atoms with E-state index in [2.05, 4.69) is 25.9 Å². The van der Waals surface area contributed by atoms with Crippen molar-refractivity contribution in [1.82, 2.24) is 9.97 Å². The van der Waals surface area contributed by atoms with Crippen LogP contribution in [0.4, 0.5) is 0 Å². The molecule has 0 fully saturated rings. The number of fused-ring (bicyclic) bond motifs is 1. The Kier molecular flexibility index (Phi) is 2.09. The van der Waals surface area contributed by atoms with Gasteiger partial charge in [-0.05, 0) is 22.0 Å². The molecule has 13 heavy (non-hydrogen) atoms. The number of aromatic nitrogens is 2. The second-order valence-corrected chi connectivity index (χ2v) is 3.81. The van der Waals surface area contributed by atoms with E-state index in [-0.39, 0.29) is 5.56 Å². The van der Waals surface area contributed by atoms with Crippen LogP contribution < -0.4 is 5.56 Å². The van der Waals surface area contributed by atoms with Crippen LogP contribution in [-0.4, -0.2) is 9.97 Å². The van der Waals surface area contributed by atoms with Crippen molar-refractivity contribution in [1.29, 1.82) is 0 Å². The lowest BCUT2D eigenvalue weighted by atomic mass is 10.3. The monoisotopic (exact) mass is 258 g/mol. The molecular weight excluding hydrogens is 255 g/mol. The highest BCUT2D eigenvalue weighted by Gasteiger charge is 2.03. The van der Waals surface area contributed by atoms with Crippen molar-refractivity contribution in [2.45, 2.75) is 0 Å². The second kappa shape index (κ2) is 3.12. The Bertz CT molecular complexity index is 523. The first-order valence-corrected chi connectivity index (χ1v) is 4.68. The molecule has 5 heteroatoms. The van der Waals surface area contributed by atoms with Crippen molar-refractivity contribution in [2.75, 3.05) is 0 Å². The van der Waals surface area contributed by atoms with Crippen LogP contribution in [0.25, 0.3) is 10.9 Å². The molecule has 0 saturated carbocycles. The van der Waals surface area contributed by atoms with Crippen molar-refractivity contribution in [3.8, 4) is 0 Å². The minimum atomic E-state index is -0.213. The Hall–Kier alpha value is -0.870. The summed E-state index contributed by atoms with van der Waals surface area (Å²) in [5.74, 6) is 0. The highest BCUT2D eigenvalue weighted by atomic mass is 79.9. The Morgan fingerprint density at radius 3 is 3.08 bits per heavy atom. The van der Waals surface area contributed by atoms with Crippen LogP contribution in [0.15, 0.2) is 27.7 Å². The van der Waals surface area contributed by atoms with Gasteiger partial charge in [0.05, 0.1) is 5.02 Å². The van der Waals surface area contributed by atoms with Gasteiger partial charge in [0.25, 0.3) is 5.56 Å². The van der Waals surface area contributed by atoms with Crippen LogP contribution in [0.5, 0.6) is 0 Å². The summed E-state index contributed by atoms with van der Waals surface area (Å²) < 4.78 is 0.775. The van der Waals surface area contributed by atoms with Crippen molar-refractivity contribution in [3.05, 3.63) is 38.3 Å². The maximum Gasteiger partial charge on any atom is 0.274 e. The molecule has 0 unspecified atom stereocenters. The number of halogens is 2. The quantitative estimate of drug-likeness (QED) is 0.789. The largest absolute Gasteiger partial charge is 0.326 e. The maximum absolute atomic E-state index is 11.3. The van der Waals surface area contributed by atoms with Gasteiger partial charge in [-0.1, -0.05) is 11.6 Å². The number of nitrogens with one attached hydrogen (secondary N) is 1. The third-order valence-electron chi connectivity index (χ3n) is 1.66. The molecule has 2 rings (SSSR count). The highest BCUT2D eigenvalue weighted by Crippen LogP contribution is 2.21. The molecule has 0 aromatic carbocycles. The standard InChI is InChI=1S/C8H4BrClN2O/c9-6-3-12-8(13)7-5(6)1-4(10)2-11-7/h1-3H,(H,12,13). The predicted molar refractivity (Wildman–Crippen MR) is 55.1 cm³/mol. The molecule has 0 radical (unpaired) electrons. The van der Waals surface area contributed by atoms with Crippen LogP contribution in [-0.2, 0) is 0 Å². The molecule has 2 aromatic rings. The Balaban J connectivity index is 3.01. The van der Waals surface area contributed by atoms with Crippen molar-refractivity contribution < 1.29 is 0 Å². The molecule has 0 bridgehead atoms. The minimum absolute atomic E-state index is 0.213. The van der Waals surface area contributed by atoms with Crippen LogP contribution in [0.3, 0.4) is 0 Å². The van der Waals surface area contributed by atoms with Gasteiger partial charge in [0.1, 0.15) is 5.52 Å². The average Bonchev–Trinajstić information content (AvgIpc) is 2.12. The van der Waals surface area contributed by atoms with Gasteiger partial charge in [0, 0.05) is 22.3 Å². The van der Waals surface area contributed by atoms with E-state index in [1.54, 1.807) is 12.3 Å². The van der Waals surface area contributed by atoms with Crippen molar-refractivity contribution >= 4 is 38.4 Å². The van der Waals surface area contributed by atoms with Gasteiger partial charge < -0.3 is 4.98 Å². The van der Waals surface area contributed by atoms with Crippen LogP contribution in [0.2, 0.25) is 5.02 Å². The number of H-pyrrole nitrogens is 1. The van der Waals surface area contributed by atoms with E-state index in [9.17, 15) is 4.79 Å². The van der Waals surface area contributed by atoms with Gasteiger partial charge in [-0.2, -0.15) is 0 Å². The van der Waals surface area contributed by atoms with Gasteiger partial charge in [-0.15, -0.1) is 0 Å². The molecule has 2 heterocycles. The molecule has 66 valence electrons. The zero-order valence-corrected chi connectivity index (χ0v) is 8.69. The summed E-state index contributed by atoms with van der Waals surface area (Å²) in [6.45, 7) is 0. The normalized spacial score (nSPS) is 10.6. The Morgan fingerprint density at radius 2 is 2.31 bits per heavy atom. The van der Waals surface area contributed by atoms with Crippen molar-refractivity contribution in [3.63, 3.8) is 0 Å². The average molecular weight is 259 g/mol. The molecule has 0 spiro atoms. The number of rotatable bonds is 0. The molecule has 2 aromatic heterocycles. The molecule has 1 N–H and O–H groups in total. The smallest absolute Gasteiger partial charge is 0.274 e. The third-order valence-corrected chi connectivity index (χ3v) is 2.52. The van der Waals surface area contributed by atoms with Gasteiger partial charge in [0.15, 0.2) is 0 Å². The molecule has 0 amide bonds. The van der Waals surface area contributed by atoms with Crippen molar-refractivity contribution in [2.24, 2.45) is 0 Å². The Morgan fingerprint density at radius 1 is 1.54 bits per heavy atom. The number of aromatic amines is 1. The molecule has 3 nitrogen and oxygen atoms in total. The molecule has 0 saturated heterocycles. The lowest BCUT2D eigenvalue weighted by Crippen LogP contribution is -2.06. The zero-order chi connectivity index (χ0) is 9.42. The first kappa shape index (κ1) is 8.72. The summed E-state index contributed by atoms with van der Waals surface area (Å²) in [5, 5.41) is 1.23. The van der Waals surface area contributed by atoms with Crippen LogP contribution in [0, 0.1) is 0 Å². The fourth-order valence-corrected chi connectivity index (χ4v) is 1.65. The predicted octanol–water partition coefficient (Wildman–Crippen LogP) is 2.34. The van der Waals surface area contributed by atoms with E-state index in [1.807, 2.05) is 0 Å². The summed E-state index contributed by atoms with van der Waals surface area (Å²) in [5.41, 5.74) is 0.175. The lowest BCUT2D eigenvalue weighted by Gasteiger charge is -1.98. The highest BCUT2D eigenvalue weighted by molar-refractivity contribution is 9.10. The van der Waals surface area contributed by atoms with Gasteiger partial charge >= 0.3 is 0 Å². The molecular formula is C8H4BrClN2O. The number of pyridine rings is 2. The molecule has 0 aliphatic heterocycles. The van der Waals surface area contributed by atoms with Crippen LogP contribution >= 0.6 is 27.5 Å². The van der Waals surface area contributed by atoms with E-state index < -0.39 is 0 Å². The van der Waals surface area contributed by atoms with Gasteiger partial charge in [-0.25, -0.2) is 4.98 Å². The first-order valence-electron chi connectivity index (χ1n) is 3.51. The van der Waals surface area contributed by atoms with E-state index >= 15 is 0 Å². The minimum Gasteiger partial charge on any atom is -0.326 e. The van der Waals surface area contributed by atoms with Crippen LogP contribution in [0.1, 0.15) is 0 Å².